The molecule has 3 aromatic rings. The Bertz CT molecular complexity index is 1140. The van der Waals surface area contributed by atoms with Crippen molar-refractivity contribution in [2.24, 2.45) is 0 Å². The molecule has 0 spiro atoms. The van der Waals surface area contributed by atoms with Crippen molar-refractivity contribution in [2.45, 2.75) is 0 Å². The molecule has 4 rings (SSSR count). The van der Waals surface area contributed by atoms with Crippen molar-refractivity contribution in [3.63, 3.8) is 0 Å². The van der Waals surface area contributed by atoms with E-state index < -0.39 is 0 Å². The molecule has 1 saturated heterocycles. The fraction of sp³-hybridized carbons (Fsp3) is 0.217. The third-order valence-electron chi connectivity index (χ3n) is 5.16. The standard InChI is InChI=1S/C23H19Cl2N5O2/c24-17-3-6-19(20(25)13-17)21-7-8-22(28-27-21)29-9-11-30(12-10-29)23(31)15-32-18-4-1-16(14-26)2-5-18/h1-8,13H,9-12,15H2. The average molecular weight is 468 g/mol. The number of aromatic nitrogens is 2. The van der Waals surface area contributed by atoms with E-state index in [0.29, 0.717) is 53.2 Å². The van der Waals surface area contributed by atoms with Gasteiger partial charge in [-0.15, -0.1) is 10.2 Å². The maximum absolute atomic E-state index is 12.5. The van der Waals surface area contributed by atoms with Gasteiger partial charge in [0, 0.05) is 36.8 Å². The number of nitrogens with zero attached hydrogens (tertiary/aromatic N) is 5. The first-order valence-electron chi connectivity index (χ1n) is 9.98. The second kappa shape index (κ2) is 9.86. The van der Waals surface area contributed by atoms with E-state index >= 15 is 0 Å². The summed E-state index contributed by atoms with van der Waals surface area (Å²) in [6, 6.07) is 17.8. The predicted molar refractivity (Wildman–Crippen MR) is 123 cm³/mol. The Kier molecular flexibility index (Phi) is 6.74. The highest BCUT2D eigenvalue weighted by atomic mass is 35.5. The van der Waals surface area contributed by atoms with Crippen molar-refractivity contribution in [1.29, 1.82) is 5.26 Å². The molecular weight excluding hydrogens is 449 g/mol. The van der Waals surface area contributed by atoms with E-state index in [9.17, 15) is 4.79 Å². The van der Waals surface area contributed by atoms with Crippen LogP contribution in [-0.4, -0.2) is 53.8 Å². The molecule has 1 fully saturated rings. The highest BCUT2D eigenvalue weighted by Crippen LogP contribution is 2.29. The Morgan fingerprint density at radius 3 is 2.38 bits per heavy atom. The summed E-state index contributed by atoms with van der Waals surface area (Å²) >= 11 is 12.2. The molecule has 1 aliphatic rings. The van der Waals surface area contributed by atoms with Gasteiger partial charge < -0.3 is 14.5 Å². The number of hydrogen-bond acceptors (Lipinski definition) is 6. The van der Waals surface area contributed by atoms with Crippen LogP contribution in [0.1, 0.15) is 5.56 Å². The van der Waals surface area contributed by atoms with Crippen LogP contribution >= 0.6 is 23.2 Å². The summed E-state index contributed by atoms with van der Waals surface area (Å²) in [5, 5.41) is 18.6. The quantitative estimate of drug-likeness (QED) is 0.562. The summed E-state index contributed by atoms with van der Waals surface area (Å²) in [5.74, 6) is 1.24. The molecule has 2 aromatic carbocycles. The van der Waals surface area contributed by atoms with Gasteiger partial charge in [-0.3, -0.25) is 4.79 Å². The number of hydrogen-bond donors (Lipinski definition) is 0. The second-order valence-corrected chi connectivity index (χ2v) is 8.04. The van der Waals surface area contributed by atoms with Gasteiger partial charge in [-0.05, 0) is 54.6 Å². The molecule has 1 aromatic heterocycles. The summed E-state index contributed by atoms with van der Waals surface area (Å²) < 4.78 is 5.55. The molecule has 0 aliphatic carbocycles. The molecule has 32 heavy (non-hydrogen) atoms. The molecule has 2 heterocycles. The van der Waals surface area contributed by atoms with Crippen LogP contribution in [0.5, 0.6) is 5.75 Å². The molecule has 9 heteroatoms. The molecular formula is C23H19Cl2N5O2. The smallest absolute Gasteiger partial charge is 0.260 e. The molecule has 0 saturated carbocycles. The summed E-state index contributed by atoms with van der Waals surface area (Å²) in [4.78, 5) is 16.3. The SMILES string of the molecule is N#Cc1ccc(OCC(=O)N2CCN(c3ccc(-c4ccc(Cl)cc4Cl)nn3)CC2)cc1. The summed E-state index contributed by atoms with van der Waals surface area (Å²) in [7, 11) is 0. The molecule has 0 radical (unpaired) electrons. The summed E-state index contributed by atoms with van der Waals surface area (Å²) in [6.45, 7) is 2.41. The van der Waals surface area contributed by atoms with Crippen LogP contribution in [0.2, 0.25) is 10.0 Å². The van der Waals surface area contributed by atoms with Gasteiger partial charge in [0.1, 0.15) is 5.75 Å². The van der Waals surface area contributed by atoms with Crippen LogP contribution < -0.4 is 9.64 Å². The normalized spacial score (nSPS) is 13.5. The van der Waals surface area contributed by atoms with Crippen LogP contribution in [0.3, 0.4) is 0 Å². The van der Waals surface area contributed by atoms with Crippen LogP contribution in [0.4, 0.5) is 5.82 Å². The number of ether oxygens (including phenoxy) is 1. The van der Waals surface area contributed by atoms with Crippen LogP contribution in [0, 0.1) is 11.3 Å². The Hall–Kier alpha value is -3.34. The van der Waals surface area contributed by atoms with Crippen LogP contribution in [-0.2, 0) is 4.79 Å². The summed E-state index contributed by atoms with van der Waals surface area (Å²) in [5.41, 5.74) is 1.99. The predicted octanol–water partition coefficient (Wildman–Crippen LogP) is 4.05. The van der Waals surface area contributed by atoms with E-state index in [1.54, 1.807) is 41.3 Å². The number of anilines is 1. The number of carbonyl (C=O) groups excluding carboxylic acids is 1. The highest BCUT2D eigenvalue weighted by Gasteiger charge is 2.22. The van der Waals surface area contributed by atoms with E-state index in [4.69, 9.17) is 33.2 Å². The van der Waals surface area contributed by atoms with Gasteiger partial charge in [0.15, 0.2) is 12.4 Å². The number of halogens is 2. The third-order valence-corrected chi connectivity index (χ3v) is 5.71. The number of amides is 1. The van der Waals surface area contributed by atoms with E-state index in [0.717, 1.165) is 11.4 Å². The second-order valence-electron chi connectivity index (χ2n) is 7.19. The van der Waals surface area contributed by atoms with E-state index in [-0.39, 0.29) is 12.5 Å². The van der Waals surface area contributed by atoms with Gasteiger partial charge in [0.25, 0.3) is 5.91 Å². The Morgan fingerprint density at radius 1 is 1.00 bits per heavy atom. The van der Waals surface area contributed by atoms with Gasteiger partial charge in [0.2, 0.25) is 0 Å². The van der Waals surface area contributed by atoms with Crippen LogP contribution in [0.15, 0.2) is 54.6 Å². The number of benzene rings is 2. The molecule has 0 N–H and O–H groups in total. The maximum Gasteiger partial charge on any atom is 0.260 e. The van der Waals surface area contributed by atoms with Gasteiger partial charge in [0.05, 0.1) is 22.3 Å². The lowest BCUT2D eigenvalue weighted by Gasteiger charge is -2.35. The van der Waals surface area contributed by atoms with Crippen molar-refractivity contribution in [3.05, 3.63) is 70.2 Å². The Morgan fingerprint density at radius 2 is 1.75 bits per heavy atom. The molecule has 0 bridgehead atoms. The molecule has 1 aliphatic heterocycles. The largest absolute Gasteiger partial charge is 0.484 e. The zero-order chi connectivity index (χ0) is 22.5. The molecule has 162 valence electrons. The van der Waals surface area contributed by atoms with Gasteiger partial charge in [-0.25, -0.2) is 0 Å². The zero-order valence-electron chi connectivity index (χ0n) is 17.0. The maximum atomic E-state index is 12.5. The van der Waals surface area contributed by atoms with Crippen molar-refractivity contribution in [3.8, 4) is 23.1 Å². The molecule has 0 atom stereocenters. The van der Waals surface area contributed by atoms with E-state index in [2.05, 4.69) is 15.1 Å². The Balaban J connectivity index is 1.30. The van der Waals surface area contributed by atoms with Gasteiger partial charge in [-0.1, -0.05) is 23.2 Å². The van der Waals surface area contributed by atoms with Crippen LogP contribution in [0.25, 0.3) is 11.3 Å². The van der Waals surface area contributed by atoms with Gasteiger partial charge >= 0.3 is 0 Å². The number of piperazine rings is 1. The minimum Gasteiger partial charge on any atom is -0.484 e. The first kappa shape index (κ1) is 21.9. The van der Waals surface area contributed by atoms with Crippen molar-refractivity contribution >= 4 is 34.9 Å². The Labute approximate surface area is 195 Å². The minimum absolute atomic E-state index is 0.0394. The lowest BCUT2D eigenvalue weighted by molar-refractivity contribution is -0.133. The topological polar surface area (TPSA) is 82.4 Å². The van der Waals surface area contributed by atoms with E-state index in [1.807, 2.05) is 24.3 Å². The zero-order valence-corrected chi connectivity index (χ0v) is 18.6. The third kappa shape index (κ3) is 5.10. The molecule has 0 unspecified atom stereocenters. The van der Waals surface area contributed by atoms with Crippen molar-refractivity contribution in [2.75, 3.05) is 37.7 Å². The van der Waals surface area contributed by atoms with E-state index in [1.165, 1.54) is 0 Å². The number of nitriles is 1. The average Bonchev–Trinajstić information content (AvgIpc) is 2.83. The monoisotopic (exact) mass is 467 g/mol. The first-order valence-corrected chi connectivity index (χ1v) is 10.7. The first-order chi connectivity index (χ1) is 15.5. The lowest BCUT2D eigenvalue weighted by Crippen LogP contribution is -2.50. The minimum atomic E-state index is -0.0761. The fourth-order valence-electron chi connectivity index (χ4n) is 3.38. The van der Waals surface area contributed by atoms with Gasteiger partial charge in [-0.2, -0.15) is 5.26 Å². The highest BCUT2D eigenvalue weighted by molar-refractivity contribution is 6.36. The van der Waals surface area contributed by atoms with Crippen molar-refractivity contribution in [1.82, 2.24) is 15.1 Å². The molecule has 1 amide bonds. The number of rotatable bonds is 5. The lowest BCUT2D eigenvalue weighted by atomic mass is 10.1. The van der Waals surface area contributed by atoms with Crippen molar-refractivity contribution < 1.29 is 9.53 Å². The summed E-state index contributed by atoms with van der Waals surface area (Å²) in [6.07, 6.45) is 0. The number of carbonyl (C=O) groups is 1. The fourth-order valence-corrected chi connectivity index (χ4v) is 3.89. The molecule has 7 nitrogen and oxygen atoms in total.